The van der Waals surface area contributed by atoms with Crippen molar-refractivity contribution in [3.05, 3.63) is 83.7 Å². The van der Waals surface area contributed by atoms with Crippen LogP contribution in [0.15, 0.2) is 60.9 Å². The van der Waals surface area contributed by atoms with E-state index in [0.29, 0.717) is 17.2 Å². The minimum absolute atomic E-state index is 0.168. The molecule has 0 fully saturated rings. The second-order valence-corrected chi connectivity index (χ2v) is 6.45. The van der Waals surface area contributed by atoms with Gasteiger partial charge in [0.15, 0.2) is 11.6 Å². The molecule has 3 aromatic rings. The molecule has 0 bridgehead atoms. The van der Waals surface area contributed by atoms with E-state index in [1.54, 1.807) is 12.3 Å². The Morgan fingerprint density at radius 3 is 2.26 bits per heavy atom. The van der Waals surface area contributed by atoms with E-state index in [0.717, 1.165) is 17.8 Å². The topological polar surface area (TPSA) is 54.0 Å². The van der Waals surface area contributed by atoms with Crippen LogP contribution in [-0.2, 0) is 0 Å². The average Bonchev–Trinajstić information content (AvgIpc) is 2.65. The summed E-state index contributed by atoms with van der Waals surface area (Å²) in [7, 11) is 0. The lowest BCUT2D eigenvalue weighted by molar-refractivity contribution is 0.102. The van der Waals surface area contributed by atoms with E-state index in [1.165, 1.54) is 17.8 Å². The number of hydrogen-bond acceptors (Lipinski definition) is 3. The Kier molecular flexibility index (Phi) is 5.45. The quantitative estimate of drug-likeness (QED) is 0.628. The highest BCUT2D eigenvalue weighted by Gasteiger charge is 2.10. The van der Waals surface area contributed by atoms with Crippen LogP contribution >= 0.6 is 0 Å². The molecule has 0 atom stereocenters. The summed E-state index contributed by atoms with van der Waals surface area (Å²) in [5, 5.41) is 5.72. The molecule has 0 aliphatic heterocycles. The van der Waals surface area contributed by atoms with Crippen LogP contribution in [0.3, 0.4) is 0 Å². The van der Waals surface area contributed by atoms with Crippen molar-refractivity contribution in [3.63, 3.8) is 0 Å². The summed E-state index contributed by atoms with van der Waals surface area (Å²) in [4.78, 5) is 16.4. The van der Waals surface area contributed by atoms with Crippen molar-refractivity contribution in [2.24, 2.45) is 0 Å². The van der Waals surface area contributed by atoms with E-state index in [4.69, 9.17) is 0 Å². The first-order valence-corrected chi connectivity index (χ1v) is 8.51. The molecule has 0 saturated carbocycles. The monoisotopic (exact) mass is 367 g/mol. The number of halogens is 2. The molecule has 138 valence electrons. The van der Waals surface area contributed by atoms with Crippen molar-refractivity contribution < 1.29 is 13.6 Å². The molecule has 0 spiro atoms. The number of pyridine rings is 1. The molecule has 0 radical (unpaired) electrons. The van der Waals surface area contributed by atoms with Crippen molar-refractivity contribution in [1.29, 1.82) is 0 Å². The second-order valence-electron chi connectivity index (χ2n) is 6.45. The lowest BCUT2D eigenvalue weighted by atomic mass is 10.0. The minimum Gasteiger partial charge on any atom is -0.354 e. The van der Waals surface area contributed by atoms with E-state index in [-0.39, 0.29) is 5.69 Å². The van der Waals surface area contributed by atoms with E-state index < -0.39 is 17.5 Å². The molecular formula is C21H19F2N3O. The largest absolute Gasteiger partial charge is 0.354 e. The molecule has 0 saturated heterocycles. The van der Waals surface area contributed by atoms with Crippen molar-refractivity contribution in [3.8, 4) is 0 Å². The fraction of sp³-hybridized carbons (Fsp3) is 0.143. The predicted octanol–water partition coefficient (Wildman–Crippen LogP) is 5.48. The Morgan fingerprint density at radius 2 is 1.59 bits per heavy atom. The van der Waals surface area contributed by atoms with Crippen LogP contribution in [0.4, 0.5) is 25.8 Å². The third-order valence-electron chi connectivity index (χ3n) is 4.04. The van der Waals surface area contributed by atoms with Crippen LogP contribution in [-0.4, -0.2) is 10.9 Å². The average molecular weight is 367 g/mol. The first-order chi connectivity index (χ1) is 12.9. The molecule has 0 aliphatic carbocycles. The van der Waals surface area contributed by atoms with Crippen LogP contribution in [0.1, 0.15) is 35.7 Å². The molecule has 0 unspecified atom stereocenters. The van der Waals surface area contributed by atoms with E-state index >= 15 is 0 Å². The zero-order valence-electron chi connectivity index (χ0n) is 15.0. The van der Waals surface area contributed by atoms with Crippen LogP contribution in [0, 0.1) is 11.6 Å². The number of nitrogens with zero attached hydrogens (tertiary/aromatic N) is 1. The fourth-order valence-corrected chi connectivity index (χ4v) is 2.53. The summed E-state index contributed by atoms with van der Waals surface area (Å²) in [6, 6.07) is 12.8. The van der Waals surface area contributed by atoms with Gasteiger partial charge in [-0.2, -0.15) is 0 Å². The maximum atomic E-state index is 13.3. The van der Waals surface area contributed by atoms with Crippen LogP contribution in [0.25, 0.3) is 0 Å². The summed E-state index contributed by atoms with van der Waals surface area (Å²) in [5.41, 5.74) is 3.22. The number of hydrogen-bond donors (Lipinski definition) is 2. The van der Waals surface area contributed by atoms with Gasteiger partial charge in [-0.15, -0.1) is 0 Å². The Morgan fingerprint density at radius 1 is 0.889 bits per heavy atom. The SMILES string of the molecule is CC(C)c1ccc(Nc2cncc(C(=O)Nc3ccc(F)c(F)c3)c2)cc1. The summed E-state index contributed by atoms with van der Waals surface area (Å²) in [6.07, 6.45) is 3.01. The van der Waals surface area contributed by atoms with Gasteiger partial charge in [-0.1, -0.05) is 26.0 Å². The smallest absolute Gasteiger partial charge is 0.257 e. The molecule has 1 heterocycles. The van der Waals surface area contributed by atoms with Crippen molar-refractivity contribution >= 4 is 23.0 Å². The van der Waals surface area contributed by atoms with Crippen LogP contribution in [0.5, 0.6) is 0 Å². The van der Waals surface area contributed by atoms with Gasteiger partial charge in [0, 0.05) is 23.6 Å². The number of anilines is 3. The molecule has 3 rings (SSSR count). The number of carbonyl (C=O) groups excluding carboxylic acids is 1. The third kappa shape index (κ3) is 4.67. The Hall–Kier alpha value is -3.28. The molecular weight excluding hydrogens is 348 g/mol. The fourth-order valence-electron chi connectivity index (χ4n) is 2.53. The standard InChI is InChI=1S/C21H19F2N3O/c1-13(2)14-3-5-16(6-4-14)25-18-9-15(11-24-12-18)21(27)26-17-7-8-19(22)20(23)10-17/h3-13,25H,1-2H3,(H,26,27). The second kappa shape index (κ2) is 7.95. The van der Waals surface area contributed by atoms with Crippen LogP contribution in [0.2, 0.25) is 0 Å². The van der Waals surface area contributed by atoms with Gasteiger partial charge >= 0.3 is 0 Å². The normalized spacial score (nSPS) is 10.7. The highest BCUT2D eigenvalue weighted by atomic mass is 19.2. The zero-order valence-corrected chi connectivity index (χ0v) is 15.0. The molecule has 4 nitrogen and oxygen atoms in total. The van der Waals surface area contributed by atoms with Gasteiger partial charge in [0.2, 0.25) is 0 Å². The maximum Gasteiger partial charge on any atom is 0.257 e. The number of rotatable bonds is 5. The number of nitrogens with one attached hydrogen (secondary N) is 2. The first kappa shape index (κ1) is 18.5. The highest BCUT2D eigenvalue weighted by molar-refractivity contribution is 6.04. The Bertz CT molecular complexity index is 956. The van der Waals surface area contributed by atoms with Crippen LogP contribution < -0.4 is 10.6 Å². The third-order valence-corrected chi connectivity index (χ3v) is 4.04. The number of amides is 1. The van der Waals surface area contributed by atoms with Gasteiger partial charge in [-0.3, -0.25) is 9.78 Å². The zero-order chi connectivity index (χ0) is 19.4. The maximum absolute atomic E-state index is 13.3. The van der Waals surface area contributed by atoms with E-state index in [2.05, 4.69) is 29.5 Å². The first-order valence-electron chi connectivity index (χ1n) is 8.51. The van der Waals surface area contributed by atoms with Crippen molar-refractivity contribution in [1.82, 2.24) is 4.98 Å². The van der Waals surface area contributed by atoms with Gasteiger partial charge in [0.05, 0.1) is 17.4 Å². The van der Waals surface area contributed by atoms with Gasteiger partial charge in [-0.05, 0) is 41.8 Å². The number of aromatic nitrogens is 1. The molecule has 1 aromatic heterocycles. The Labute approximate surface area is 156 Å². The molecule has 6 heteroatoms. The summed E-state index contributed by atoms with van der Waals surface area (Å²) in [6.45, 7) is 4.25. The number of benzene rings is 2. The van der Waals surface area contributed by atoms with Gasteiger partial charge in [0.1, 0.15) is 0 Å². The predicted molar refractivity (Wildman–Crippen MR) is 102 cm³/mol. The van der Waals surface area contributed by atoms with Crippen molar-refractivity contribution in [2.45, 2.75) is 19.8 Å². The minimum atomic E-state index is -1.02. The summed E-state index contributed by atoms with van der Waals surface area (Å²) >= 11 is 0. The van der Waals surface area contributed by atoms with Crippen molar-refractivity contribution in [2.75, 3.05) is 10.6 Å². The summed E-state index contributed by atoms with van der Waals surface area (Å²) in [5.74, 6) is -2.01. The summed E-state index contributed by atoms with van der Waals surface area (Å²) < 4.78 is 26.3. The molecule has 0 aliphatic rings. The molecule has 1 amide bonds. The molecule has 2 aromatic carbocycles. The highest BCUT2D eigenvalue weighted by Crippen LogP contribution is 2.21. The molecule has 2 N–H and O–H groups in total. The lowest BCUT2D eigenvalue weighted by Crippen LogP contribution is -2.12. The van der Waals surface area contributed by atoms with Gasteiger partial charge in [0.25, 0.3) is 5.91 Å². The number of carbonyl (C=O) groups is 1. The van der Waals surface area contributed by atoms with Gasteiger partial charge < -0.3 is 10.6 Å². The molecule has 27 heavy (non-hydrogen) atoms. The van der Waals surface area contributed by atoms with E-state index in [9.17, 15) is 13.6 Å². The Balaban J connectivity index is 1.72. The lowest BCUT2D eigenvalue weighted by Gasteiger charge is -2.10. The van der Waals surface area contributed by atoms with E-state index in [1.807, 2.05) is 24.3 Å². The van der Waals surface area contributed by atoms with Gasteiger partial charge in [-0.25, -0.2) is 8.78 Å².